The third kappa shape index (κ3) is 15.7. The van der Waals surface area contributed by atoms with Crippen molar-refractivity contribution in [3.63, 3.8) is 0 Å². The molecular formula is C49H74FN5OU. The predicted molar refractivity (Wildman–Crippen MR) is 241 cm³/mol. The van der Waals surface area contributed by atoms with Crippen molar-refractivity contribution < 1.29 is 40.2 Å². The Morgan fingerprint density at radius 1 is 0.947 bits per heavy atom. The van der Waals surface area contributed by atoms with E-state index in [1.54, 1.807) is 19.2 Å². The molecule has 1 N–H and O–H groups in total. The third-order valence-electron chi connectivity index (χ3n) is 11.7. The summed E-state index contributed by atoms with van der Waals surface area (Å²) in [4.78, 5) is 4.86. The molecule has 2 heterocycles. The number of fused-ring (bicyclic) bond motifs is 3. The molecule has 3 unspecified atom stereocenters. The number of rotatable bonds is 11. The molecule has 6 nitrogen and oxygen atoms in total. The normalized spacial score (nSPS) is 19.4. The number of nitrogens with zero attached hydrogens (tertiary/aromatic N) is 4. The maximum Gasteiger partial charge on any atom is 2.00 e. The monoisotopic (exact) mass is 1010 g/mol. The van der Waals surface area contributed by atoms with E-state index in [0.717, 1.165) is 85.4 Å². The largest absolute Gasteiger partial charge is 2.00 e. The van der Waals surface area contributed by atoms with Crippen LogP contribution in [0.25, 0.3) is 16.3 Å². The zero-order valence-corrected chi connectivity index (χ0v) is 41.1. The van der Waals surface area contributed by atoms with Crippen LogP contribution in [0.5, 0.6) is 5.75 Å². The van der Waals surface area contributed by atoms with Gasteiger partial charge >= 0.3 is 31.1 Å². The average molecular weight is 1010 g/mol. The number of nitrogens with one attached hydrogen (secondary N) is 1. The van der Waals surface area contributed by atoms with Crippen molar-refractivity contribution >= 4 is 17.1 Å². The third-order valence-corrected chi connectivity index (χ3v) is 11.7. The first kappa shape index (κ1) is 50.4. The molecule has 3 saturated carbocycles. The minimum Gasteiger partial charge on any atom is -0.665 e. The Balaban J connectivity index is 0.000000301. The summed E-state index contributed by atoms with van der Waals surface area (Å²) >= 11 is 0. The van der Waals surface area contributed by atoms with Gasteiger partial charge in [-0.25, -0.2) is 4.39 Å². The topological polar surface area (TPSA) is 55.9 Å². The number of halogens is 1. The summed E-state index contributed by atoms with van der Waals surface area (Å²) in [7, 11) is 3.25. The molecule has 0 radical (unpaired) electrons. The quantitative estimate of drug-likeness (QED) is 0.208. The number of likely N-dealkylation sites (N-methyl/N-ethyl adjacent to an activating group) is 1. The first-order valence-corrected chi connectivity index (χ1v) is 21.3. The molecule has 3 atom stereocenters. The van der Waals surface area contributed by atoms with E-state index in [0.29, 0.717) is 29.7 Å². The maximum atomic E-state index is 13.2. The Labute approximate surface area is 371 Å². The van der Waals surface area contributed by atoms with E-state index in [-0.39, 0.29) is 36.9 Å². The average Bonchev–Trinajstić information content (AvgIpc) is 3.20. The Morgan fingerprint density at radius 3 is 2.11 bits per heavy atom. The molecular weight excluding hydrogens is 932 g/mol. The summed E-state index contributed by atoms with van der Waals surface area (Å²) in [5, 5.41) is 11.7. The number of hydrogen-bond donors (Lipinski definition) is 1. The Bertz CT molecular complexity index is 1600. The van der Waals surface area contributed by atoms with Crippen LogP contribution in [0.4, 0.5) is 15.8 Å². The zero-order valence-electron chi connectivity index (χ0n) is 37.0. The Hall–Kier alpha value is -2.76. The maximum absolute atomic E-state index is 13.2. The predicted octanol–water partition coefficient (Wildman–Crippen LogP) is 13.1. The second-order valence-corrected chi connectivity index (χ2v) is 16.3. The van der Waals surface area contributed by atoms with Gasteiger partial charge in [-0.05, 0) is 72.1 Å². The van der Waals surface area contributed by atoms with Crippen molar-refractivity contribution in [1.82, 2.24) is 9.80 Å². The van der Waals surface area contributed by atoms with Gasteiger partial charge < -0.3 is 25.6 Å². The van der Waals surface area contributed by atoms with Gasteiger partial charge in [0.15, 0.2) is 0 Å². The van der Waals surface area contributed by atoms with Crippen LogP contribution in [0, 0.1) is 60.1 Å². The van der Waals surface area contributed by atoms with Gasteiger partial charge in [0, 0.05) is 44.5 Å². The smallest absolute Gasteiger partial charge is 0.665 e. The van der Waals surface area contributed by atoms with E-state index < -0.39 is 0 Å². The van der Waals surface area contributed by atoms with Crippen LogP contribution < -0.4 is 10.1 Å². The minimum atomic E-state index is -0.219. The molecule has 2 aliphatic heterocycles. The van der Waals surface area contributed by atoms with Crippen LogP contribution in [-0.4, -0.2) is 63.2 Å². The van der Waals surface area contributed by atoms with Crippen LogP contribution in [0.1, 0.15) is 104 Å². The number of benzene rings is 3. The Kier molecular flexibility index (Phi) is 23.3. The molecule has 0 spiro atoms. The van der Waals surface area contributed by atoms with Crippen molar-refractivity contribution in [3.05, 3.63) is 119 Å². The second-order valence-electron chi connectivity index (χ2n) is 16.3. The van der Waals surface area contributed by atoms with Gasteiger partial charge in [-0.2, -0.15) is 7.05 Å². The number of methoxy groups -OCH3 is 1. The summed E-state index contributed by atoms with van der Waals surface area (Å²) in [6.07, 6.45) is 10.2. The van der Waals surface area contributed by atoms with Gasteiger partial charge in [-0.15, -0.1) is 24.5 Å². The zero-order chi connectivity index (χ0) is 41.1. The van der Waals surface area contributed by atoms with E-state index in [1.165, 1.54) is 57.3 Å². The van der Waals surface area contributed by atoms with E-state index in [4.69, 9.17) is 4.74 Å². The first-order chi connectivity index (χ1) is 26.9. The summed E-state index contributed by atoms with van der Waals surface area (Å²) < 4.78 is 18.1. The van der Waals surface area contributed by atoms with Gasteiger partial charge in [0.05, 0.1) is 12.9 Å². The van der Waals surface area contributed by atoms with Gasteiger partial charge in [-0.3, -0.25) is 4.90 Å². The van der Waals surface area contributed by atoms with E-state index in [9.17, 15) is 4.39 Å². The number of ether oxygens (including phenoxy) is 1. The molecule has 5 aliphatic rings. The van der Waals surface area contributed by atoms with Gasteiger partial charge in [0.2, 0.25) is 0 Å². The second kappa shape index (κ2) is 26.4. The van der Waals surface area contributed by atoms with E-state index in [1.807, 2.05) is 0 Å². The van der Waals surface area contributed by atoms with E-state index in [2.05, 4.69) is 136 Å². The molecule has 3 aromatic rings. The van der Waals surface area contributed by atoms with Crippen LogP contribution in [0.2, 0.25) is 0 Å². The fraction of sp³-hybridized carbons (Fsp3) is 0.551. The van der Waals surface area contributed by atoms with E-state index >= 15 is 0 Å². The molecule has 3 aromatic carbocycles. The van der Waals surface area contributed by atoms with Crippen molar-refractivity contribution in [2.75, 3.05) is 58.7 Å². The molecule has 1 saturated heterocycles. The summed E-state index contributed by atoms with van der Waals surface area (Å²) in [6, 6.07) is 21.8. The summed E-state index contributed by atoms with van der Waals surface area (Å²) in [6.45, 7) is 30.0. The molecule has 4 fully saturated rings. The molecule has 312 valence electrons. The number of unbranched alkanes of at least 4 members (excludes halogenated alkanes) is 1. The molecule has 57 heavy (non-hydrogen) atoms. The molecule has 0 aromatic heterocycles. The number of hydrogen-bond acceptors (Lipinski definition) is 4. The minimum absolute atomic E-state index is 0. The van der Waals surface area contributed by atoms with Crippen LogP contribution in [0.3, 0.4) is 0 Å². The molecule has 0 amide bonds. The molecule has 8 rings (SSSR count). The first-order valence-electron chi connectivity index (χ1n) is 21.3. The van der Waals surface area contributed by atoms with Gasteiger partial charge in [0.1, 0.15) is 11.6 Å². The SMILES string of the molecule is C=C1[N-]c2cc(NC(=C)N3CCN(CCc4ccccc4)CC3)ccc21.CC1CCC2CC1C2(C)C.CCC.CCCC.C[N-]CCc1ccc(OC)cc1F.[U+2]. The van der Waals surface area contributed by atoms with Gasteiger partial charge in [0.25, 0.3) is 0 Å². The number of piperazine rings is 1. The summed E-state index contributed by atoms with van der Waals surface area (Å²) in [5.74, 6) is 4.45. The molecule has 8 heteroatoms. The summed E-state index contributed by atoms with van der Waals surface area (Å²) in [5.41, 5.74) is 6.87. The Morgan fingerprint density at radius 2 is 1.61 bits per heavy atom. The van der Waals surface area contributed by atoms with Crippen LogP contribution in [-0.2, 0) is 12.8 Å². The molecule has 2 bridgehead atoms. The fourth-order valence-corrected chi connectivity index (χ4v) is 7.78. The van der Waals surface area contributed by atoms with Crippen molar-refractivity contribution in [3.8, 4) is 5.75 Å². The fourth-order valence-electron chi connectivity index (χ4n) is 7.78. The van der Waals surface area contributed by atoms with Crippen molar-refractivity contribution in [1.29, 1.82) is 0 Å². The van der Waals surface area contributed by atoms with Crippen LogP contribution >= 0.6 is 0 Å². The standard InChI is InChI=1S/C22H25N4.C10H13FNO.C10H18.C4H10.C3H8.U/c1-17-21-9-8-20(16-22(21)23-17)24-18(2)26-14-12-25(13-15-26)11-10-19-6-4-3-5-7-19;1-12-6-5-8-3-4-9(13-2)7-10(8)11;1-7-4-5-8-6-9(7)10(8,2)3;1-3-4-2;1-3-2;/h3-9,16,24H,1-2,10-15H2;3-4,7H,5-6H2,1-2H3;7-9H,4-6H2,1-3H3;3-4H2,1-2H3;3H2,1-2H3;/q2*-1;;;;+2. The number of anilines is 1. The van der Waals surface area contributed by atoms with Crippen molar-refractivity contribution in [2.24, 2.45) is 23.2 Å². The molecule has 3 aliphatic carbocycles. The van der Waals surface area contributed by atoms with Crippen molar-refractivity contribution in [2.45, 2.75) is 99.8 Å². The van der Waals surface area contributed by atoms with Crippen LogP contribution in [0.15, 0.2) is 85.7 Å². The van der Waals surface area contributed by atoms with Gasteiger partial charge in [-0.1, -0.05) is 135 Å².